The summed E-state index contributed by atoms with van der Waals surface area (Å²) in [6, 6.07) is 1.93. The van der Waals surface area contributed by atoms with Gasteiger partial charge < -0.3 is 23.8 Å². The third kappa shape index (κ3) is 6.75. The summed E-state index contributed by atoms with van der Waals surface area (Å²) in [6.45, 7) is 7.45. The van der Waals surface area contributed by atoms with Crippen LogP contribution in [0.4, 0.5) is 5.69 Å². The maximum absolute atomic E-state index is 13.7. The van der Waals surface area contributed by atoms with Gasteiger partial charge in [0.05, 0.1) is 32.1 Å². The van der Waals surface area contributed by atoms with E-state index in [1.807, 2.05) is 6.07 Å². The summed E-state index contributed by atoms with van der Waals surface area (Å²) >= 11 is 6.52. The number of nitrogen functional groups attached to an aromatic ring is 1. The maximum Gasteiger partial charge on any atom is 0.346 e. The lowest BCUT2D eigenvalue weighted by Crippen LogP contribution is -2.21. The molecule has 0 radical (unpaired) electrons. The van der Waals surface area contributed by atoms with E-state index in [9.17, 15) is 9.13 Å². The highest BCUT2D eigenvalue weighted by Crippen LogP contribution is 2.71. The van der Waals surface area contributed by atoms with Crippen molar-refractivity contribution in [3.8, 4) is 0 Å². The third-order valence-corrected chi connectivity index (χ3v) is 12.7. The highest BCUT2D eigenvalue weighted by Gasteiger charge is 2.51. The number of rotatable bonds is 12. The molecule has 1 aromatic rings. The van der Waals surface area contributed by atoms with Crippen molar-refractivity contribution in [2.24, 2.45) is 0 Å². The highest BCUT2D eigenvalue weighted by atomic mass is 127. The Morgan fingerprint density at radius 2 is 1.25 bits per heavy atom. The Balaban J connectivity index is 3.62. The van der Waals surface area contributed by atoms with E-state index in [2.05, 4.69) is 67.8 Å². The molecule has 0 fully saturated rings. The fourth-order valence-electron chi connectivity index (χ4n) is 2.55. The Labute approximate surface area is 208 Å². The molecular weight excluding hydrogens is 745 g/mol. The largest absolute Gasteiger partial charge is 0.397 e. The van der Waals surface area contributed by atoms with Gasteiger partial charge in [-0.3, -0.25) is 9.13 Å². The van der Waals surface area contributed by atoms with Crippen LogP contribution in [0.5, 0.6) is 0 Å². The molecule has 28 heavy (non-hydrogen) atoms. The Kier molecular flexibility index (Phi) is 12.3. The summed E-state index contributed by atoms with van der Waals surface area (Å²) in [5.41, 5.74) is 7.65. The fourth-order valence-corrected chi connectivity index (χ4v) is 11.6. The molecule has 1 aromatic carbocycles. The first-order valence-electron chi connectivity index (χ1n) is 8.79. The van der Waals surface area contributed by atoms with Crippen LogP contribution in [-0.2, 0) is 33.6 Å². The topological polar surface area (TPSA) is 97.1 Å². The van der Waals surface area contributed by atoms with E-state index in [0.717, 1.165) is 16.3 Å². The molecule has 0 amide bonds. The van der Waals surface area contributed by atoms with Gasteiger partial charge in [-0.2, -0.15) is 0 Å². The van der Waals surface area contributed by atoms with E-state index in [1.165, 1.54) is 0 Å². The number of hydrogen-bond acceptors (Lipinski definition) is 7. The summed E-state index contributed by atoms with van der Waals surface area (Å²) in [5.74, 6) is 0. The Hall–Kier alpha value is 1.51. The number of halogens is 3. The van der Waals surface area contributed by atoms with Crippen molar-refractivity contribution in [1.29, 1.82) is 0 Å². The van der Waals surface area contributed by atoms with Crippen molar-refractivity contribution >= 4 is 88.7 Å². The highest BCUT2D eigenvalue weighted by molar-refractivity contribution is 14.1. The second-order valence-corrected chi connectivity index (χ2v) is 13.7. The van der Waals surface area contributed by atoms with Crippen LogP contribution < -0.4 is 5.73 Å². The molecule has 12 heteroatoms. The number of benzene rings is 1. The van der Waals surface area contributed by atoms with E-state index < -0.39 is 20.6 Å². The smallest absolute Gasteiger partial charge is 0.346 e. The predicted molar refractivity (Wildman–Crippen MR) is 138 cm³/mol. The molecule has 7 nitrogen and oxygen atoms in total. The molecule has 0 aliphatic rings. The first-order chi connectivity index (χ1) is 13.1. The van der Waals surface area contributed by atoms with Gasteiger partial charge in [-0.1, -0.05) is 0 Å². The van der Waals surface area contributed by atoms with Gasteiger partial charge in [0, 0.05) is 17.1 Å². The van der Waals surface area contributed by atoms with Gasteiger partial charge in [0.1, 0.15) is 0 Å². The van der Waals surface area contributed by atoms with E-state index in [1.54, 1.807) is 27.7 Å². The number of nitrogens with two attached hydrogens (primary N) is 1. The van der Waals surface area contributed by atoms with E-state index in [-0.39, 0.29) is 32.8 Å². The molecule has 0 unspecified atom stereocenters. The lowest BCUT2D eigenvalue weighted by Gasteiger charge is -2.32. The van der Waals surface area contributed by atoms with Gasteiger partial charge in [0.2, 0.25) is 0 Å². The van der Waals surface area contributed by atoms with E-state index in [4.69, 9.17) is 23.8 Å². The molecule has 0 aromatic heterocycles. The van der Waals surface area contributed by atoms with Crippen molar-refractivity contribution < 1.29 is 27.2 Å². The van der Waals surface area contributed by atoms with Crippen LogP contribution in [0.25, 0.3) is 0 Å². The average molecular weight is 771 g/mol. The second kappa shape index (κ2) is 12.5. The van der Waals surface area contributed by atoms with Gasteiger partial charge in [0.15, 0.2) is 5.40 Å². The minimum Gasteiger partial charge on any atom is -0.397 e. The van der Waals surface area contributed by atoms with Crippen LogP contribution in [0.1, 0.15) is 33.3 Å². The second-order valence-electron chi connectivity index (χ2n) is 5.48. The van der Waals surface area contributed by atoms with Crippen molar-refractivity contribution in [3.63, 3.8) is 0 Å². The van der Waals surface area contributed by atoms with Gasteiger partial charge in [-0.05, 0) is 107 Å². The minimum atomic E-state index is -3.81. The first-order valence-corrected chi connectivity index (χ1v) is 15.2. The summed E-state index contributed by atoms with van der Waals surface area (Å²) in [5, 5.41) is -1.10. The van der Waals surface area contributed by atoms with Crippen molar-refractivity contribution in [2.45, 2.75) is 39.5 Å². The van der Waals surface area contributed by atoms with Crippen LogP contribution in [0, 0.1) is 10.7 Å². The number of anilines is 1. The molecule has 0 heterocycles. The minimum absolute atomic E-state index is 0.131. The number of hydrogen-bond donors (Lipinski definition) is 1. The normalized spacial score (nSPS) is 12.7. The molecule has 162 valence electrons. The molecule has 2 N–H and O–H groups in total. The monoisotopic (exact) mass is 771 g/mol. The Bertz CT molecular complexity index is 714. The summed E-state index contributed by atoms with van der Waals surface area (Å²) in [6.07, 6.45) is 0.131. The van der Waals surface area contributed by atoms with E-state index >= 15 is 0 Å². The molecule has 1 rings (SSSR count). The van der Waals surface area contributed by atoms with Gasteiger partial charge in [-0.15, -0.1) is 0 Å². The maximum atomic E-state index is 13.7. The lowest BCUT2D eigenvalue weighted by atomic mass is 10.1. The zero-order valence-corrected chi connectivity index (χ0v) is 24.5. The van der Waals surface area contributed by atoms with E-state index in [0.29, 0.717) is 5.69 Å². The SMILES string of the molecule is CCOP(=O)(OCC)C(Cc1c(I)cc(I)c(N)c1I)P(=O)(OCC)OCC. The molecule has 0 aliphatic heterocycles. The Morgan fingerprint density at radius 1 is 0.857 bits per heavy atom. The molecule has 0 aliphatic carbocycles. The molecule has 0 atom stereocenters. The van der Waals surface area contributed by atoms with Crippen molar-refractivity contribution in [1.82, 2.24) is 0 Å². The molecule has 0 saturated carbocycles. The Morgan fingerprint density at radius 3 is 1.61 bits per heavy atom. The molecular formula is C16H26I3NO6P2. The van der Waals surface area contributed by atoms with Crippen LogP contribution in [0.3, 0.4) is 0 Å². The average Bonchev–Trinajstić information content (AvgIpc) is 2.60. The zero-order chi connectivity index (χ0) is 21.5. The predicted octanol–water partition coefficient (Wildman–Crippen LogP) is 6.48. The summed E-state index contributed by atoms with van der Waals surface area (Å²) < 4.78 is 52.2. The third-order valence-electron chi connectivity index (χ3n) is 3.65. The van der Waals surface area contributed by atoms with Crippen LogP contribution in [0.2, 0.25) is 0 Å². The zero-order valence-electron chi connectivity index (χ0n) is 16.2. The van der Waals surface area contributed by atoms with Gasteiger partial charge in [0.25, 0.3) is 0 Å². The standard InChI is InChI=1S/C16H26I3NO6P2/c1-5-23-27(21,24-6-2)14(28(22,25-7-3)26-8-4)9-11-12(17)10-13(18)16(20)15(11)19/h10,14H,5-9,20H2,1-4H3. The molecule has 0 saturated heterocycles. The lowest BCUT2D eigenvalue weighted by molar-refractivity contribution is 0.195. The first kappa shape index (κ1) is 27.5. The van der Waals surface area contributed by atoms with Crippen LogP contribution >= 0.6 is 83.0 Å². The van der Waals surface area contributed by atoms with Crippen molar-refractivity contribution in [3.05, 3.63) is 22.3 Å². The van der Waals surface area contributed by atoms with Crippen LogP contribution in [0.15, 0.2) is 6.07 Å². The van der Waals surface area contributed by atoms with Gasteiger partial charge in [-0.25, -0.2) is 0 Å². The summed E-state index contributed by atoms with van der Waals surface area (Å²) in [7, 11) is -7.61. The van der Waals surface area contributed by atoms with Gasteiger partial charge >= 0.3 is 15.2 Å². The quantitative estimate of drug-likeness (QED) is 0.148. The molecule has 0 bridgehead atoms. The van der Waals surface area contributed by atoms with Crippen molar-refractivity contribution in [2.75, 3.05) is 32.2 Å². The summed E-state index contributed by atoms with van der Waals surface area (Å²) in [4.78, 5) is 0. The molecule has 0 spiro atoms. The van der Waals surface area contributed by atoms with Crippen LogP contribution in [-0.4, -0.2) is 31.8 Å². The fraction of sp³-hybridized carbons (Fsp3) is 0.625.